The van der Waals surface area contributed by atoms with E-state index in [2.05, 4.69) is 58.5 Å². The van der Waals surface area contributed by atoms with Crippen LogP contribution in [-0.4, -0.2) is 38.7 Å². The smallest absolute Gasteiger partial charge is 0.194 e. The molecule has 0 spiro atoms. The minimum Gasteiger partial charge on any atom is -0.356 e. The average molecular weight is 440 g/mol. The molecule has 0 radical (unpaired) electrons. The summed E-state index contributed by atoms with van der Waals surface area (Å²) >= 11 is 0. The molecule has 1 aliphatic heterocycles. The Kier molecular flexibility index (Phi) is 7.01. The van der Waals surface area contributed by atoms with Crippen LogP contribution in [0.25, 0.3) is 0 Å². The highest BCUT2D eigenvalue weighted by Crippen LogP contribution is 2.18. The summed E-state index contributed by atoms with van der Waals surface area (Å²) in [6.07, 6.45) is 2.82. The Labute approximate surface area is 160 Å². The van der Waals surface area contributed by atoms with Crippen LogP contribution in [0.3, 0.4) is 0 Å². The molecule has 2 aromatic rings. The third-order valence-corrected chi connectivity index (χ3v) is 4.17. The molecule has 0 aliphatic carbocycles. The summed E-state index contributed by atoms with van der Waals surface area (Å²) in [6.45, 7) is 8.36. The summed E-state index contributed by atoms with van der Waals surface area (Å²) < 4.78 is 2.03. The summed E-state index contributed by atoms with van der Waals surface area (Å²) in [5.74, 6) is 1.85. The number of halogens is 1. The van der Waals surface area contributed by atoms with Gasteiger partial charge < -0.3 is 14.8 Å². The maximum Gasteiger partial charge on any atom is 0.194 e. The van der Waals surface area contributed by atoms with Gasteiger partial charge in [0, 0.05) is 26.2 Å². The van der Waals surface area contributed by atoms with E-state index in [0.29, 0.717) is 6.54 Å². The van der Waals surface area contributed by atoms with Gasteiger partial charge in [-0.1, -0.05) is 24.3 Å². The van der Waals surface area contributed by atoms with Crippen LogP contribution in [0.2, 0.25) is 0 Å². The van der Waals surface area contributed by atoms with Crippen molar-refractivity contribution >= 4 is 29.9 Å². The Hall–Kier alpha value is -1.64. The number of aromatic nitrogens is 3. The zero-order chi connectivity index (χ0) is 16.1. The molecule has 1 aliphatic rings. The lowest BCUT2D eigenvalue weighted by Gasteiger charge is -2.31. The number of aryl methyl sites for hydroxylation is 1. The molecular formula is C17H25IN6. The fourth-order valence-electron chi connectivity index (χ4n) is 2.91. The average Bonchev–Trinajstić information content (AvgIpc) is 3.05. The van der Waals surface area contributed by atoms with Gasteiger partial charge in [-0.15, -0.1) is 34.2 Å². The van der Waals surface area contributed by atoms with Gasteiger partial charge in [-0.3, -0.25) is 0 Å². The molecule has 0 saturated heterocycles. The van der Waals surface area contributed by atoms with Gasteiger partial charge in [-0.2, -0.15) is 0 Å². The molecule has 2 heterocycles. The molecule has 6 nitrogen and oxygen atoms in total. The van der Waals surface area contributed by atoms with Crippen molar-refractivity contribution in [2.75, 3.05) is 13.1 Å². The monoisotopic (exact) mass is 440 g/mol. The maximum atomic E-state index is 4.77. The molecular weight excluding hydrogens is 415 g/mol. The molecule has 0 bridgehead atoms. The molecule has 0 atom stereocenters. The SMILES string of the molecule is CCNC(=NCc1nncn1CC)N1CCc2ccccc2C1.I. The van der Waals surface area contributed by atoms with Crippen molar-refractivity contribution in [3.05, 3.63) is 47.5 Å². The second kappa shape index (κ2) is 9.00. The van der Waals surface area contributed by atoms with E-state index < -0.39 is 0 Å². The molecule has 0 amide bonds. The Balaban J connectivity index is 0.00000208. The van der Waals surface area contributed by atoms with Crippen molar-refractivity contribution < 1.29 is 0 Å². The van der Waals surface area contributed by atoms with Crippen molar-refractivity contribution in [3.8, 4) is 0 Å². The summed E-state index contributed by atoms with van der Waals surface area (Å²) in [5, 5.41) is 11.5. The van der Waals surface area contributed by atoms with E-state index >= 15 is 0 Å². The van der Waals surface area contributed by atoms with Crippen molar-refractivity contribution in [2.24, 2.45) is 4.99 Å². The number of hydrogen-bond acceptors (Lipinski definition) is 3. The van der Waals surface area contributed by atoms with Crippen molar-refractivity contribution in [1.82, 2.24) is 25.0 Å². The van der Waals surface area contributed by atoms with E-state index in [1.54, 1.807) is 6.33 Å². The van der Waals surface area contributed by atoms with Crippen LogP contribution in [0.15, 0.2) is 35.6 Å². The van der Waals surface area contributed by atoms with Gasteiger partial charge in [0.15, 0.2) is 11.8 Å². The number of nitrogens with zero attached hydrogens (tertiary/aromatic N) is 5. The summed E-state index contributed by atoms with van der Waals surface area (Å²) in [4.78, 5) is 7.09. The molecule has 1 aromatic carbocycles. The highest BCUT2D eigenvalue weighted by Gasteiger charge is 2.18. The van der Waals surface area contributed by atoms with E-state index in [0.717, 1.165) is 44.4 Å². The number of aliphatic imine (C=N–C) groups is 1. The zero-order valence-electron chi connectivity index (χ0n) is 14.3. The van der Waals surface area contributed by atoms with Gasteiger partial charge >= 0.3 is 0 Å². The number of nitrogens with one attached hydrogen (secondary N) is 1. The van der Waals surface area contributed by atoms with E-state index in [9.17, 15) is 0 Å². The van der Waals surface area contributed by atoms with Gasteiger partial charge in [0.05, 0.1) is 0 Å². The molecule has 7 heteroatoms. The lowest BCUT2D eigenvalue weighted by Crippen LogP contribution is -2.44. The van der Waals surface area contributed by atoms with Gasteiger partial charge in [-0.05, 0) is 31.4 Å². The molecule has 1 aromatic heterocycles. The van der Waals surface area contributed by atoms with E-state index in [1.807, 2.05) is 4.57 Å². The van der Waals surface area contributed by atoms with Crippen LogP contribution in [0.4, 0.5) is 0 Å². The molecule has 130 valence electrons. The molecule has 3 rings (SSSR count). The minimum absolute atomic E-state index is 0. The van der Waals surface area contributed by atoms with E-state index in [4.69, 9.17) is 4.99 Å². The third kappa shape index (κ3) is 4.25. The number of rotatable bonds is 4. The van der Waals surface area contributed by atoms with Crippen molar-refractivity contribution in [1.29, 1.82) is 0 Å². The first kappa shape index (κ1) is 18.7. The second-order valence-electron chi connectivity index (χ2n) is 5.64. The number of guanidine groups is 1. The Morgan fingerprint density at radius 3 is 2.79 bits per heavy atom. The zero-order valence-corrected chi connectivity index (χ0v) is 16.6. The van der Waals surface area contributed by atoms with Crippen molar-refractivity contribution in [3.63, 3.8) is 0 Å². The van der Waals surface area contributed by atoms with Gasteiger partial charge in [0.2, 0.25) is 0 Å². The van der Waals surface area contributed by atoms with Crippen LogP contribution in [0.5, 0.6) is 0 Å². The predicted octanol–water partition coefficient (Wildman–Crippen LogP) is 2.44. The standard InChI is InChI=1S/C17H24N6.HI/c1-3-18-17(19-11-16-21-20-13-22(16)4-2)23-10-9-14-7-5-6-8-15(14)12-23;/h5-8,13H,3-4,9-12H2,1-2H3,(H,18,19);1H. The van der Waals surface area contributed by atoms with Gasteiger partial charge in [0.25, 0.3) is 0 Å². The van der Waals surface area contributed by atoms with Crippen LogP contribution >= 0.6 is 24.0 Å². The van der Waals surface area contributed by atoms with Gasteiger partial charge in [-0.25, -0.2) is 4.99 Å². The Morgan fingerprint density at radius 2 is 2.04 bits per heavy atom. The maximum absolute atomic E-state index is 4.77. The summed E-state index contributed by atoms with van der Waals surface area (Å²) in [6, 6.07) is 8.65. The lowest BCUT2D eigenvalue weighted by atomic mass is 10.0. The van der Waals surface area contributed by atoms with Crippen LogP contribution in [0.1, 0.15) is 30.8 Å². The number of hydrogen-bond donors (Lipinski definition) is 1. The van der Waals surface area contributed by atoms with E-state index in [-0.39, 0.29) is 24.0 Å². The largest absolute Gasteiger partial charge is 0.356 e. The first-order valence-corrected chi connectivity index (χ1v) is 8.28. The fourth-order valence-corrected chi connectivity index (χ4v) is 2.91. The minimum atomic E-state index is 0. The molecule has 24 heavy (non-hydrogen) atoms. The number of fused-ring (bicyclic) bond motifs is 1. The Bertz CT molecular complexity index is 681. The molecule has 1 N–H and O–H groups in total. The Morgan fingerprint density at radius 1 is 1.25 bits per heavy atom. The van der Waals surface area contributed by atoms with E-state index in [1.165, 1.54) is 11.1 Å². The van der Waals surface area contributed by atoms with Crippen LogP contribution in [-0.2, 0) is 26.1 Å². The lowest BCUT2D eigenvalue weighted by molar-refractivity contribution is 0.378. The first-order valence-electron chi connectivity index (χ1n) is 8.28. The third-order valence-electron chi connectivity index (χ3n) is 4.17. The highest BCUT2D eigenvalue weighted by atomic mass is 127. The predicted molar refractivity (Wildman–Crippen MR) is 106 cm³/mol. The topological polar surface area (TPSA) is 58.3 Å². The quantitative estimate of drug-likeness (QED) is 0.451. The van der Waals surface area contributed by atoms with Gasteiger partial charge in [0.1, 0.15) is 12.9 Å². The second-order valence-corrected chi connectivity index (χ2v) is 5.64. The number of benzene rings is 1. The molecule has 0 fully saturated rings. The van der Waals surface area contributed by atoms with Crippen molar-refractivity contribution in [2.45, 2.75) is 39.9 Å². The molecule has 0 unspecified atom stereocenters. The van der Waals surface area contributed by atoms with Crippen LogP contribution in [0, 0.1) is 0 Å². The fraction of sp³-hybridized carbons (Fsp3) is 0.471. The van der Waals surface area contributed by atoms with Crippen LogP contribution < -0.4 is 5.32 Å². The first-order chi connectivity index (χ1) is 11.3. The summed E-state index contributed by atoms with van der Waals surface area (Å²) in [5.41, 5.74) is 2.84. The normalized spacial score (nSPS) is 14.1. The molecule has 0 saturated carbocycles. The summed E-state index contributed by atoms with van der Waals surface area (Å²) in [7, 11) is 0. The highest BCUT2D eigenvalue weighted by molar-refractivity contribution is 14.0.